The van der Waals surface area contributed by atoms with Crippen molar-refractivity contribution < 1.29 is 18.0 Å². The summed E-state index contributed by atoms with van der Waals surface area (Å²) in [6, 6.07) is 3.78. The minimum Gasteiger partial charge on any atom is -0.367 e. The minimum absolute atomic E-state index is 0.0133. The van der Waals surface area contributed by atoms with Crippen molar-refractivity contribution in [1.82, 2.24) is 4.90 Å². The molecule has 0 aromatic heterocycles. The number of carbonyl (C=O) groups is 1. The largest absolute Gasteiger partial charge is 0.418 e. The second-order valence-electron chi connectivity index (χ2n) is 5.55. The van der Waals surface area contributed by atoms with Gasteiger partial charge in [-0.3, -0.25) is 4.79 Å². The highest BCUT2D eigenvalue weighted by atomic mass is 19.4. The van der Waals surface area contributed by atoms with Crippen molar-refractivity contribution in [3.63, 3.8) is 0 Å². The first kappa shape index (κ1) is 15.8. The van der Waals surface area contributed by atoms with Crippen molar-refractivity contribution >= 4 is 12.0 Å². The molecule has 1 atom stereocenters. The second kappa shape index (κ2) is 6.05. The summed E-state index contributed by atoms with van der Waals surface area (Å²) in [6.07, 6.45) is -3.21. The third kappa shape index (κ3) is 3.56. The lowest BCUT2D eigenvalue weighted by Crippen LogP contribution is -2.39. The zero-order chi connectivity index (χ0) is 15.6. The molecule has 1 heterocycles. The number of hydrogen-bond acceptors (Lipinski definition) is 3. The van der Waals surface area contributed by atoms with Gasteiger partial charge in [-0.15, -0.1) is 0 Å². The van der Waals surface area contributed by atoms with E-state index in [9.17, 15) is 18.0 Å². The summed E-state index contributed by atoms with van der Waals surface area (Å²) in [5, 5.41) is 0. The standard InChI is InChI=1S/C15H19F3N2O/c1-11-9-19(2)6-3-7-20(11)14-5-4-12(10-21)8-13(14)15(16,17)18/h4-5,8,10-11H,3,6-7,9H2,1-2H3. The Balaban J connectivity index is 2.44. The molecule has 1 aromatic rings. The molecule has 6 heteroatoms. The molecule has 1 aliphatic rings. The number of carbonyl (C=O) groups excluding carboxylic acids is 1. The lowest BCUT2D eigenvalue weighted by atomic mass is 10.1. The van der Waals surface area contributed by atoms with Crippen LogP contribution >= 0.6 is 0 Å². The first-order chi connectivity index (χ1) is 9.82. The molecule has 0 aliphatic carbocycles. The van der Waals surface area contributed by atoms with Crippen LogP contribution < -0.4 is 4.90 Å². The van der Waals surface area contributed by atoms with Gasteiger partial charge in [-0.2, -0.15) is 13.2 Å². The van der Waals surface area contributed by atoms with E-state index in [-0.39, 0.29) is 17.3 Å². The molecule has 0 bridgehead atoms. The first-order valence-corrected chi connectivity index (χ1v) is 6.94. The fourth-order valence-electron chi connectivity index (χ4n) is 2.83. The number of rotatable bonds is 2. The Labute approximate surface area is 122 Å². The molecule has 2 rings (SSSR count). The Kier molecular flexibility index (Phi) is 4.56. The fourth-order valence-corrected chi connectivity index (χ4v) is 2.83. The molecule has 1 fully saturated rings. The maximum atomic E-state index is 13.3. The summed E-state index contributed by atoms with van der Waals surface area (Å²) in [5.41, 5.74) is -0.523. The van der Waals surface area contributed by atoms with Gasteiger partial charge in [0.05, 0.1) is 5.56 Å². The second-order valence-corrected chi connectivity index (χ2v) is 5.55. The van der Waals surface area contributed by atoms with Crippen LogP contribution in [0.3, 0.4) is 0 Å². The summed E-state index contributed by atoms with van der Waals surface area (Å²) in [4.78, 5) is 14.7. The van der Waals surface area contributed by atoms with E-state index in [0.717, 1.165) is 19.0 Å². The van der Waals surface area contributed by atoms with Crippen LogP contribution in [0.5, 0.6) is 0 Å². The van der Waals surface area contributed by atoms with Crippen LogP contribution in [-0.2, 0) is 6.18 Å². The molecule has 1 saturated heterocycles. The van der Waals surface area contributed by atoms with Gasteiger partial charge in [-0.05, 0) is 45.1 Å². The number of anilines is 1. The van der Waals surface area contributed by atoms with Gasteiger partial charge in [0.25, 0.3) is 0 Å². The van der Waals surface area contributed by atoms with Crippen LogP contribution in [0, 0.1) is 0 Å². The molecule has 0 amide bonds. The van der Waals surface area contributed by atoms with Crippen molar-refractivity contribution in [2.24, 2.45) is 0 Å². The highest BCUT2D eigenvalue weighted by Crippen LogP contribution is 2.38. The number of benzene rings is 1. The number of aldehydes is 1. The number of alkyl halides is 3. The van der Waals surface area contributed by atoms with E-state index in [1.54, 1.807) is 4.90 Å². The van der Waals surface area contributed by atoms with E-state index in [1.165, 1.54) is 12.1 Å². The maximum Gasteiger partial charge on any atom is 0.418 e. The molecule has 3 nitrogen and oxygen atoms in total. The third-order valence-electron chi connectivity index (χ3n) is 3.82. The van der Waals surface area contributed by atoms with Crippen molar-refractivity contribution in [2.75, 3.05) is 31.6 Å². The van der Waals surface area contributed by atoms with E-state index in [2.05, 4.69) is 4.90 Å². The molecule has 0 spiro atoms. The lowest BCUT2D eigenvalue weighted by molar-refractivity contribution is -0.137. The van der Waals surface area contributed by atoms with Crippen molar-refractivity contribution in [3.05, 3.63) is 29.3 Å². The zero-order valence-electron chi connectivity index (χ0n) is 12.2. The first-order valence-electron chi connectivity index (χ1n) is 6.94. The van der Waals surface area contributed by atoms with Crippen LogP contribution in [0.2, 0.25) is 0 Å². The smallest absolute Gasteiger partial charge is 0.367 e. The molecule has 1 unspecified atom stereocenters. The average molecular weight is 300 g/mol. The predicted octanol–water partition coefficient (Wildman–Crippen LogP) is 3.05. The zero-order valence-corrected chi connectivity index (χ0v) is 12.2. The van der Waals surface area contributed by atoms with Crippen LogP contribution in [0.15, 0.2) is 18.2 Å². The van der Waals surface area contributed by atoms with Gasteiger partial charge >= 0.3 is 6.18 Å². The van der Waals surface area contributed by atoms with Crippen LogP contribution in [-0.4, -0.2) is 43.9 Å². The molecule has 1 aliphatic heterocycles. The van der Waals surface area contributed by atoms with Gasteiger partial charge in [0, 0.05) is 30.4 Å². The molecule has 0 N–H and O–H groups in total. The monoisotopic (exact) mass is 300 g/mol. The van der Waals surface area contributed by atoms with E-state index in [0.29, 0.717) is 19.4 Å². The summed E-state index contributed by atoms with van der Waals surface area (Å²) in [7, 11) is 1.97. The SMILES string of the molecule is CC1CN(C)CCCN1c1ccc(C=O)cc1C(F)(F)F. The van der Waals surface area contributed by atoms with Crippen molar-refractivity contribution in [1.29, 1.82) is 0 Å². The Bertz CT molecular complexity index is 516. The summed E-state index contributed by atoms with van der Waals surface area (Å²) in [6.45, 7) is 4.09. The Morgan fingerprint density at radius 3 is 2.62 bits per heavy atom. The van der Waals surface area contributed by atoms with Crippen LogP contribution in [0.25, 0.3) is 0 Å². The van der Waals surface area contributed by atoms with Gasteiger partial charge in [0.15, 0.2) is 0 Å². The van der Waals surface area contributed by atoms with Crippen molar-refractivity contribution in [3.8, 4) is 0 Å². The fraction of sp³-hybridized carbons (Fsp3) is 0.533. The number of hydrogen-bond donors (Lipinski definition) is 0. The van der Waals surface area contributed by atoms with E-state index < -0.39 is 11.7 Å². The van der Waals surface area contributed by atoms with E-state index in [1.807, 2.05) is 14.0 Å². The van der Waals surface area contributed by atoms with Crippen LogP contribution in [0.1, 0.15) is 29.3 Å². The molecular formula is C15H19F3N2O. The normalized spacial score (nSPS) is 21.2. The summed E-state index contributed by atoms with van der Waals surface area (Å²) in [5.74, 6) is 0. The Morgan fingerprint density at radius 1 is 1.29 bits per heavy atom. The third-order valence-corrected chi connectivity index (χ3v) is 3.82. The highest BCUT2D eigenvalue weighted by molar-refractivity contribution is 5.77. The Morgan fingerprint density at radius 2 is 2.00 bits per heavy atom. The summed E-state index contributed by atoms with van der Waals surface area (Å²) >= 11 is 0. The van der Waals surface area contributed by atoms with E-state index in [4.69, 9.17) is 0 Å². The molecular weight excluding hydrogens is 281 g/mol. The Hall–Kier alpha value is -1.56. The van der Waals surface area contributed by atoms with Crippen LogP contribution in [0.4, 0.5) is 18.9 Å². The summed E-state index contributed by atoms with van der Waals surface area (Å²) < 4.78 is 39.8. The van der Waals surface area contributed by atoms with Gasteiger partial charge in [0.2, 0.25) is 0 Å². The number of likely N-dealkylation sites (N-methyl/N-ethyl adjacent to an activating group) is 1. The van der Waals surface area contributed by atoms with Gasteiger partial charge < -0.3 is 9.80 Å². The molecule has 116 valence electrons. The van der Waals surface area contributed by atoms with E-state index >= 15 is 0 Å². The highest BCUT2D eigenvalue weighted by Gasteiger charge is 2.36. The molecule has 21 heavy (non-hydrogen) atoms. The minimum atomic E-state index is -4.47. The topological polar surface area (TPSA) is 23.6 Å². The van der Waals surface area contributed by atoms with Gasteiger partial charge in [-0.1, -0.05) is 0 Å². The maximum absolute atomic E-state index is 13.3. The number of nitrogens with zero attached hydrogens (tertiary/aromatic N) is 2. The predicted molar refractivity (Wildman–Crippen MR) is 75.8 cm³/mol. The lowest BCUT2D eigenvalue weighted by Gasteiger charge is -2.32. The average Bonchev–Trinajstić information content (AvgIpc) is 2.57. The molecule has 0 radical (unpaired) electrons. The van der Waals surface area contributed by atoms with Gasteiger partial charge in [-0.25, -0.2) is 0 Å². The quantitative estimate of drug-likeness (QED) is 0.784. The molecule has 0 saturated carbocycles. The van der Waals surface area contributed by atoms with Crippen molar-refractivity contribution in [2.45, 2.75) is 25.6 Å². The number of halogens is 3. The van der Waals surface area contributed by atoms with Gasteiger partial charge in [0.1, 0.15) is 6.29 Å². The molecule has 1 aromatic carbocycles.